The molecular formula is C15H10ClNO. The molecule has 0 atom stereocenters. The van der Waals surface area contributed by atoms with Gasteiger partial charge in [-0.05, 0) is 12.1 Å². The molecule has 0 bridgehead atoms. The number of hydrogen-bond donors (Lipinski definition) is 1. The zero-order chi connectivity index (χ0) is 12.1. The van der Waals surface area contributed by atoms with Crippen LogP contribution in [0, 0.1) is 0 Å². The quantitative estimate of drug-likeness (QED) is 0.631. The SMILES string of the molecule is Clc1cc2c(oc3ccccc32)c2c1NCC=C2. The molecule has 3 aromatic rings. The van der Waals surface area contributed by atoms with E-state index in [0.29, 0.717) is 0 Å². The van der Waals surface area contributed by atoms with Crippen molar-refractivity contribution < 1.29 is 4.42 Å². The lowest BCUT2D eigenvalue weighted by molar-refractivity contribution is 0.668. The van der Waals surface area contributed by atoms with Crippen molar-refractivity contribution in [3.63, 3.8) is 0 Å². The van der Waals surface area contributed by atoms with Gasteiger partial charge in [-0.1, -0.05) is 42.0 Å². The van der Waals surface area contributed by atoms with E-state index < -0.39 is 0 Å². The number of benzene rings is 2. The smallest absolute Gasteiger partial charge is 0.144 e. The number of anilines is 1. The molecule has 0 fully saturated rings. The number of furan rings is 1. The summed E-state index contributed by atoms with van der Waals surface area (Å²) in [7, 11) is 0. The van der Waals surface area contributed by atoms with Crippen molar-refractivity contribution in [1.29, 1.82) is 0 Å². The number of hydrogen-bond acceptors (Lipinski definition) is 2. The molecule has 1 aromatic heterocycles. The first-order valence-corrected chi connectivity index (χ1v) is 6.26. The fourth-order valence-electron chi connectivity index (χ4n) is 2.53. The monoisotopic (exact) mass is 255 g/mol. The van der Waals surface area contributed by atoms with Crippen LogP contribution in [0.25, 0.3) is 28.0 Å². The van der Waals surface area contributed by atoms with Crippen LogP contribution in [0.3, 0.4) is 0 Å². The van der Waals surface area contributed by atoms with E-state index in [1.165, 1.54) is 0 Å². The van der Waals surface area contributed by atoms with Crippen LogP contribution in [0.5, 0.6) is 0 Å². The van der Waals surface area contributed by atoms with Crippen molar-refractivity contribution in [1.82, 2.24) is 0 Å². The Labute approximate surface area is 109 Å². The molecule has 3 heteroatoms. The molecule has 1 aliphatic rings. The highest BCUT2D eigenvalue weighted by molar-refractivity contribution is 6.35. The Morgan fingerprint density at radius 3 is 3.00 bits per heavy atom. The molecule has 88 valence electrons. The summed E-state index contributed by atoms with van der Waals surface area (Å²) in [6.45, 7) is 0.804. The Balaban J connectivity index is 2.24. The number of fused-ring (bicyclic) bond motifs is 5. The lowest BCUT2D eigenvalue weighted by atomic mass is 10.0. The summed E-state index contributed by atoms with van der Waals surface area (Å²) < 4.78 is 5.96. The molecule has 4 rings (SSSR count). The van der Waals surface area contributed by atoms with E-state index >= 15 is 0 Å². The molecule has 2 nitrogen and oxygen atoms in total. The molecule has 2 heterocycles. The van der Waals surface area contributed by atoms with Gasteiger partial charge in [-0.2, -0.15) is 0 Å². The maximum atomic E-state index is 6.34. The van der Waals surface area contributed by atoms with Gasteiger partial charge in [-0.3, -0.25) is 0 Å². The standard InChI is InChI=1S/C15H10ClNO/c16-12-8-11-9-4-1-2-6-13(9)18-15(11)10-5-3-7-17-14(10)12/h1-6,8,17H,7H2. The van der Waals surface area contributed by atoms with E-state index in [-0.39, 0.29) is 0 Å². The first-order valence-electron chi connectivity index (χ1n) is 5.89. The normalized spacial score (nSPS) is 13.8. The van der Waals surface area contributed by atoms with Crippen LogP contribution in [0.15, 0.2) is 40.8 Å². The molecular weight excluding hydrogens is 246 g/mol. The molecule has 2 aromatic carbocycles. The zero-order valence-electron chi connectivity index (χ0n) is 9.53. The summed E-state index contributed by atoms with van der Waals surface area (Å²) in [4.78, 5) is 0. The lowest BCUT2D eigenvalue weighted by Gasteiger charge is -2.14. The second-order valence-corrected chi connectivity index (χ2v) is 4.81. The molecule has 0 amide bonds. The van der Waals surface area contributed by atoms with Crippen molar-refractivity contribution in [2.24, 2.45) is 0 Å². The molecule has 0 saturated carbocycles. The van der Waals surface area contributed by atoms with Crippen molar-refractivity contribution >= 4 is 45.3 Å². The number of rotatable bonds is 0. The molecule has 1 aliphatic heterocycles. The van der Waals surface area contributed by atoms with E-state index in [1.54, 1.807) is 0 Å². The minimum atomic E-state index is 0.744. The molecule has 0 saturated heterocycles. The van der Waals surface area contributed by atoms with E-state index in [9.17, 15) is 0 Å². The average molecular weight is 256 g/mol. The van der Waals surface area contributed by atoms with Gasteiger partial charge in [-0.15, -0.1) is 0 Å². The molecule has 0 unspecified atom stereocenters. The zero-order valence-corrected chi connectivity index (χ0v) is 10.3. The van der Waals surface area contributed by atoms with Crippen LogP contribution in [0.2, 0.25) is 5.02 Å². The second kappa shape index (κ2) is 3.53. The first-order chi connectivity index (χ1) is 8.84. The van der Waals surface area contributed by atoms with Crippen molar-refractivity contribution in [2.45, 2.75) is 0 Å². The van der Waals surface area contributed by atoms with E-state index in [4.69, 9.17) is 16.0 Å². The maximum Gasteiger partial charge on any atom is 0.144 e. The fourth-order valence-corrected chi connectivity index (χ4v) is 2.80. The molecule has 0 radical (unpaired) electrons. The second-order valence-electron chi connectivity index (χ2n) is 4.41. The van der Waals surface area contributed by atoms with E-state index in [2.05, 4.69) is 23.5 Å². The summed E-state index contributed by atoms with van der Waals surface area (Å²) in [6.07, 6.45) is 4.15. The van der Waals surface area contributed by atoms with Gasteiger partial charge in [0.15, 0.2) is 0 Å². The Morgan fingerprint density at radius 1 is 1.17 bits per heavy atom. The third-order valence-corrected chi connectivity index (χ3v) is 3.64. The number of para-hydroxylation sites is 1. The average Bonchev–Trinajstić information content (AvgIpc) is 2.78. The predicted octanol–water partition coefficient (Wildman–Crippen LogP) is 4.68. The summed E-state index contributed by atoms with van der Waals surface area (Å²) in [5.74, 6) is 0. The van der Waals surface area contributed by atoms with Gasteiger partial charge in [-0.25, -0.2) is 0 Å². The van der Waals surface area contributed by atoms with Crippen LogP contribution in [0.4, 0.5) is 5.69 Å². The van der Waals surface area contributed by atoms with Crippen LogP contribution >= 0.6 is 11.6 Å². The molecule has 0 spiro atoms. The highest BCUT2D eigenvalue weighted by Gasteiger charge is 2.17. The van der Waals surface area contributed by atoms with E-state index in [1.807, 2.05) is 24.3 Å². The van der Waals surface area contributed by atoms with E-state index in [0.717, 1.165) is 44.8 Å². The van der Waals surface area contributed by atoms with Gasteiger partial charge >= 0.3 is 0 Å². The van der Waals surface area contributed by atoms with Gasteiger partial charge in [0.05, 0.1) is 10.7 Å². The fraction of sp³-hybridized carbons (Fsp3) is 0.0667. The van der Waals surface area contributed by atoms with Gasteiger partial charge in [0.25, 0.3) is 0 Å². The lowest BCUT2D eigenvalue weighted by Crippen LogP contribution is -2.04. The molecule has 1 N–H and O–H groups in total. The van der Waals surface area contributed by atoms with Crippen LogP contribution in [-0.2, 0) is 0 Å². The molecule has 18 heavy (non-hydrogen) atoms. The van der Waals surface area contributed by atoms with Crippen LogP contribution < -0.4 is 5.32 Å². The topological polar surface area (TPSA) is 25.2 Å². The highest BCUT2D eigenvalue weighted by Crippen LogP contribution is 2.40. The van der Waals surface area contributed by atoms with Crippen LogP contribution in [0.1, 0.15) is 5.56 Å². The van der Waals surface area contributed by atoms with Crippen molar-refractivity contribution in [3.8, 4) is 0 Å². The highest BCUT2D eigenvalue weighted by atomic mass is 35.5. The summed E-state index contributed by atoms with van der Waals surface area (Å²) >= 11 is 6.34. The largest absolute Gasteiger partial charge is 0.455 e. The van der Waals surface area contributed by atoms with Crippen molar-refractivity contribution in [2.75, 3.05) is 11.9 Å². The minimum absolute atomic E-state index is 0.744. The van der Waals surface area contributed by atoms with Gasteiger partial charge in [0.1, 0.15) is 11.2 Å². The first kappa shape index (κ1) is 10.0. The third-order valence-electron chi connectivity index (χ3n) is 3.34. The Bertz CT molecular complexity index is 801. The van der Waals surface area contributed by atoms with Gasteiger partial charge in [0.2, 0.25) is 0 Å². The number of nitrogens with one attached hydrogen (secondary N) is 1. The Morgan fingerprint density at radius 2 is 2.06 bits per heavy atom. The van der Waals surface area contributed by atoms with Gasteiger partial charge < -0.3 is 9.73 Å². The van der Waals surface area contributed by atoms with Crippen molar-refractivity contribution in [3.05, 3.63) is 47.0 Å². The number of halogens is 1. The van der Waals surface area contributed by atoms with Gasteiger partial charge in [0, 0.05) is 22.9 Å². The molecule has 0 aliphatic carbocycles. The summed E-state index contributed by atoms with van der Waals surface area (Å²) in [5, 5.41) is 6.21. The summed E-state index contributed by atoms with van der Waals surface area (Å²) in [6, 6.07) is 10.0. The third kappa shape index (κ3) is 1.24. The summed E-state index contributed by atoms with van der Waals surface area (Å²) in [5.41, 5.74) is 3.81. The Kier molecular flexibility index (Phi) is 1.97. The van der Waals surface area contributed by atoms with Crippen LogP contribution in [-0.4, -0.2) is 6.54 Å². The maximum absolute atomic E-state index is 6.34. The Hall–Kier alpha value is -1.93. The minimum Gasteiger partial charge on any atom is -0.455 e. The predicted molar refractivity (Wildman–Crippen MR) is 76.3 cm³/mol.